The summed E-state index contributed by atoms with van der Waals surface area (Å²) in [5.74, 6) is 0. The molecule has 3 aromatic heterocycles. The Labute approximate surface area is 120 Å². The lowest BCUT2D eigenvalue weighted by molar-refractivity contribution is 0.625. The highest BCUT2D eigenvalue weighted by Crippen LogP contribution is 2.21. The molecule has 0 radical (unpaired) electrons. The van der Waals surface area contributed by atoms with Gasteiger partial charge in [-0.2, -0.15) is 0 Å². The molecule has 1 aliphatic rings. The third kappa shape index (κ3) is 2.13. The Morgan fingerprint density at radius 3 is 3.00 bits per heavy atom. The molecule has 21 heavy (non-hydrogen) atoms. The van der Waals surface area contributed by atoms with Gasteiger partial charge >= 0.3 is 0 Å². The van der Waals surface area contributed by atoms with Crippen molar-refractivity contribution in [2.24, 2.45) is 0 Å². The molecule has 1 atom stereocenters. The summed E-state index contributed by atoms with van der Waals surface area (Å²) in [6.07, 6.45) is 3.88. The van der Waals surface area contributed by atoms with Crippen molar-refractivity contribution in [2.75, 3.05) is 6.54 Å². The number of nitrogens with one attached hydrogen (secondary N) is 2. The summed E-state index contributed by atoms with van der Waals surface area (Å²) in [4.78, 5) is 21.1. The van der Waals surface area contributed by atoms with Gasteiger partial charge in [0.05, 0.1) is 17.1 Å². The smallest absolute Gasteiger partial charge is 0.272 e. The highest BCUT2D eigenvalue weighted by molar-refractivity contribution is 5.60. The van der Waals surface area contributed by atoms with E-state index in [1.165, 1.54) is 4.52 Å². The van der Waals surface area contributed by atoms with Gasteiger partial charge in [0.15, 0.2) is 5.65 Å². The molecule has 2 N–H and O–H groups in total. The molecule has 0 aliphatic carbocycles. The maximum atomic E-state index is 12.2. The summed E-state index contributed by atoms with van der Waals surface area (Å²) in [5.41, 5.74) is 2.95. The zero-order valence-corrected chi connectivity index (χ0v) is 11.4. The van der Waals surface area contributed by atoms with E-state index < -0.39 is 0 Å². The first-order valence-corrected chi connectivity index (χ1v) is 7.09. The van der Waals surface area contributed by atoms with E-state index in [1.807, 2.05) is 24.3 Å². The van der Waals surface area contributed by atoms with E-state index in [9.17, 15) is 4.79 Å². The number of fused-ring (bicyclic) bond motifs is 1. The average Bonchev–Trinajstić information content (AvgIpc) is 3.17. The highest BCUT2D eigenvalue weighted by Gasteiger charge is 2.19. The Kier molecular flexibility index (Phi) is 2.82. The lowest BCUT2D eigenvalue weighted by Gasteiger charge is -2.08. The van der Waals surface area contributed by atoms with Crippen molar-refractivity contribution >= 4 is 5.65 Å². The monoisotopic (exact) mass is 281 g/mol. The molecular weight excluding hydrogens is 266 g/mol. The number of hydrogen-bond acceptors (Lipinski definition) is 4. The molecule has 1 fully saturated rings. The fraction of sp³-hybridized carbons (Fsp3) is 0.267. The Hall–Kier alpha value is -2.47. The molecular formula is C15H15N5O. The third-order valence-electron chi connectivity index (χ3n) is 3.83. The fourth-order valence-corrected chi connectivity index (χ4v) is 2.78. The summed E-state index contributed by atoms with van der Waals surface area (Å²) in [6.45, 7) is 0.984. The normalized spacial score (nSPS) is 18.4. The molecule has 0 spiro atoms. The maximum absolute atomic E-state index is 12.2. The first-order chi connectivity index (χ1) is 10.3. The van der Waals surface area contributed by atoms with E-state index in [4.69, 9.17) is 0 Å². The van der Waals surface area contributed by atoms with Crippen LogP contribution in [0.2, 0.25) is 0 Å². The number of aromatic amines is 1. The van der Waals surface area contributed by atoms with E-state index >= 15 is 0 Å². The first kappa shape index (κ1) is 12.3. The Bertz CT molecular complexity index is 830. The molecule has 4 heterocycles. The SMILES string of the molecule is O=c1cc(C2CCCN2)nc2cc(-c3ccccn3)[nH]n12. The molecule has 4 rings (SSSR count). The van der Waals surface area contributed by atoms with E-state index in [1.54, 1.807) is 12.3 Å². The number of rotatable bonds is 2. The van der Waals surface area contributed by atoms with Crippen molar-refractivity contribution in [2.45, 2.75) is 18.9 Å². The van der Waals surface area contributed by atoms with Crippen LogP contribution < -0.4 is 10.9 Å². The van der Waals surface area contributed by atoms with Crippen LogP contribution in [0.5, 0.6) is 0 Å². The summed E-state index contributed by atoms with van der Waals surface area (Å²) in [6, 6.07) is 9.33. The minimum atomic E-state index is -0.0918. The van der Waals surface area contributed by atoms with Crippen molar-refractivity contribution in [3.63, 3.8) is 0 Å². The van der Waals surface area contributed by atoms with Crippen LogP contribution in [0.4, 0.5) is 0 Å². The largest absolute Gasteiger partial charge is 0.309 e. The zero-order chi connectivity index (χ0) is 14.2. The fourth-order valence-electron chi connectivity index (χ4n) is 2.78. The lowest BCUT2D eigenvalue weighted by Crippen LogP contribution is -2.20. The zero-order valence-electron chi connectivity index (χ0n) is 11.4. The summed E-state index contributed by atoms with van der Waals surface area (Å²) in [7, 11) is 0. The van der Waals surface area contributed by atoms with Crippen LogP contribution in [0.25, 0.3) is 17.0 Å². The van der Waals surface area contributed by atoms with Gasteiger partial charge in [-0.3, -0.25) is 14.9 Å². The molecule has 3 aromatic rings. The number of pyridine rings is 1. The highest BCUT2D eigenvalue weighted by atomic mass is 16.1. The van der Waals surface area contributed by atoms with Crippen molar-refractivity contribution in [1.29, 1.82) is 0 Å². The third-order valence-corrected chi connectivity index (χ3v) is 3.83. The molecule has 6 heteroatoms. The molecule has 6 nitrogen and oxygen atoms in total. The van der Waals surface area contributed by atoms with Gasteiger partial charge in [-0.15, -0.1) is 0 Å². The van der Waals surface area contributed by atoms with Crippen LogP contribution >= 0.6 is 0 Å². The van der Waals surface area contributed by atoms with Gasteiger partial charge in [0.2, 0.25) is 0 Å². The van der Waals surface area contributed by atoms with Crippen molar-refractivity contribution < 1.29 is 0 Å². The molecule has 0 bridgehead atoms. The van der Waals surface area contributed by atoms with E-state index in [0.29, 0.717) is 5.65 Å². The Morgan fingerprint density at radius 2 is 2.24 bits per heavy atom. The second-order valence-electron chi connectivity index (χ2n) is 5.25. The van der Waals surface area contributed by atoms with E-state index in [0.717, 1.165) is 36.5 Å². The van der Waals surface area contributed by atoms with Crippen LogP contribution in [0, 0.1) is 0 Å². The summed E-state index contributed by atoms with van der Waals surface area (Å²) >= 11 is 0. The van der Waals surface area contributed by atoms with Crippen LogP contribution in [0.1, 0.15) is 24.6 Å². The van der Waals surface area contributed by atoms with Gasteiger partial charge < -0.3 is 5.32 Å². The molecule has 0 saturated carbocycles. The van der Waals surface area contributed by atoms with E-state index in [2.05, 4.69) is 20.4 Å². The Balaban J connectivity index is 1.84. The van der Waals surface area contributed by atoms with E-state index in [-0.39, 0.29) is 11.6 Å². The van der Waals surface area contributed by atoms with Crippen LogP contribution in [-0.4, -0.2) is 26.1 Å². The van der Waals surface area contributed by atoms with Crippen LogP contribution in [0.15, 0.2) is 41.3 Å². The van der Waals surface area contributed by atoms with Crippen LogP contribution in [0.3, 0.4) is 0 Å². The molecule has 1 unspecified atom stereocenters. The average molecular weight is 281 g/mol. The van der Waals surface area contributed by atoms with Crippen molar-refractivity contribution in [3.8, 4) is 11.4 Å². The van der Waals surface area contributed by atoms with Gasteiger partial charge in [-0.05, 0) is 31.5 Å². The number of aromatic nitrogens is 4. The molecule has 1 aliphatic heterocycles. The standard InChI is InChI=1S/C15H15N5O/c21-15-9-12(10-5-3-7-17-10)18-14-8-13(19-20(14)15)11-4-1-2-6-16-11/h1-2,4,6,8-10,17,19H,3,5,7H2. The predicted molar refractivity (Wildman–Crippen MR) is 79.0 cm³/mol. The van der Waals surface area contributed by atoms with Gasteiger partial charge in [0.25, 0.3) is 5.56 Å². The predicted octanol–water partition coefficient (Wildman–Crippen LogP) is 1.51. The lowest BCUT2D eigenvalue weighted by atomic mass is 10.1. The maximum Gasteiger partial charge on any atom is 0.272 e. The minimum Gasteiger partial charge on any atom is -0.309 e. The van der Waals surface area contributed by atoms with Gasteiger partial charge in [-0.25, -0.2) is 9.50 Å². The second-order valence-corrected chi connectivity index (χ2v) is 5.25. The molecule has 106 valence electrons. The number of nitrogens with zero attached hydrogens (tertiary/aromatic N) is 3. The minimum absolute atomic E-state index is 0.0918. The van der Waals surface area contributed by atoms with Crippen LogP contribution in [-0.2, 0) is 0 Å². The molecule has 1 saturated heterocycles. The van der Waals surface area contributed by atoms with Crippen molar-refractivity contribution in [3.05, 3.63) is 52.6 Å². The van der Waals surface area contributed by atoms with Gasteiger partial charge in [-0.1, -0.05) is 6.07 Å². The Morgan fingerprint density at radius 1 is 1.29 bits per heavy atom. The number of H-pyrrole nitrogens is 1. The van der Waals surface area contributed by atoms with Crippen molar-refractivity contribution in [1.82, 2.24) is 24.9 Å². The number of hydrogen-bond donors (Lipinski definition) is 2. The topological polar surface area (TPSA) is 75.1 Å². The quantitative estimate of drug-likeness (QED) is 0.746. The van der Waals surface area contributed by atoms with Gasteiger partial charge in [0, 0.05) is 24.4 Å². The summed E-state index contributed by atoms with van der Waals surface area (Å²) in [5, 5.41) is 6.43. The summed E-state index contributed by atoms with van der Waals surface area (Å²) < 4.78 is 1.46. The first-order valence-electron chi connectivity index (χ1n) is 7.09. The second kappa shape index (κ2) is 4.82. The molecule has 0 aromatic carbocycles. The van der Waals surface area contributed by atoms with Gasteiger partial charge in [0.1, 0.15) is 0 Å². The molecule has 0 amide bonds.